The van der Waals surface area contributed by atoms with Gasteiger partial charge in [-0.3, -0.25) is 4.98 Å². The lowest BCUT2D eigenvalue weighted by atomic mass is 10.3. The summed E-state index contributed by atoms with van der Waals surface area (Å²) >= 11 is 6.66. The highest BCUT2D eigenvalue weighted by molar-refractivity contribution is 9.10. The number of rotatable bonds is 2. The fourth-order valence-electron chi connectivity index (χ4n) is 1.19. The maximum atomic E-state index is 5.82. The molecule has 16 heavy (non-hydrogen) atoms. The molecule has 2 N–H and O–H groups in total. The van der Waals surface area contributed by atoms with Gasteiger partial charge in [0.15, 0.2) is 0 Å². The Morgan fingerprint density at radius 2 is 1.88 bits per heavy atom. The van der Waals surface area contributed by atoms with E-state index in [1.807, 2.05) is 12.1 Å². The fraction of sp³-hybridized carbons (Fsp3) is 0. The normalized spacial score (nSPS) is 10.1. The van der Waals surface area contributed by atoms with Gasteiger partial charge in [0.1, 0.15) is 11.5 Å². The van der Waals surface area contributed by atoms with Crippen LogP contribution in [0.25, 0.3) is 0 Å². The smallest absolute Gasteiger partial charge is 0.150 e. The molecule has 1 aromatic heterocycles. The number of pyridine rings is 1. The van der Waals surface area contributed by atoms with Crippen LogP contribution in [0, 0.1) is 0 Å². The molecular weight excluding hydrogens is 336 g/mol. The maximum Gasteiger partial charge on any atom is 0.150 e. The van der Waals surface area contributed by atoms with Crippen molar-refractivity contribution in [3.8, 4) is 11.5 Å². The van der Waals surface area contributed by atoms with Gasteiger partial charge in [0.2, 0.25) is 0 Å². The number of ether oxygens (including phenoxy) is 1. The second-order valence-electron chi connectivity index (χ2n) is 3.12. The number of anilines is 1. The van der Waals surface area contributed by atoms with Crippen molar-refractivity contribution in [3.05, 3.63) is 45.6 Å². The third kappa shape index (κ3) is 2.74. The number of nitrogens with two attached hydrogens (primary N) is 1. The van der Waals surface area contributed by atoms with Crippen LogP contribution in [0.2, 0.25) is 0 Å². The van der Waals surface area contributed by atoms with E-state index in [4.69, 9.17) is 10.5 Å². The summed E-state index contributed by atoms with van der Waals surface area (Å²) in [4.78, 5) is 4.01. The molecule has 1 heterocycles. The van der Waals surface area contributed by atoms with Gasteiger partial charge in [-0.25, -0.2) is 0 Å². The Hall–Kier alpha value is -1.07. The summed E-state index contributed by atoms with van der Waals surface area (Å²) in [6.07, 6.45) is 3.32. The molecule has 0 radical (unpaired) electrons. The molecule has 0 amide bonds. The van der Waals surface area contributed by atoms with E-state index in [-0.39, 0.29) is 0 Å². The lowest BCUT2D eigenvalue weighted by Gasteiger charge is -2.08. The van der Waals surface area contributed by atoms with E-state index in [1.54, 1.807) is 24.5 Å². The Kier molecular flexibility index (Phi) is 3.46. The van der Waals surface area contributed by atoms with E-state index in [1.165, 1.54) is 0 Å². The van der Waals surface area contributed by atoms with Crippen LogP contribution < -0.4 is 10.5 Å². The first-order chi connectivity index (χ1) is 7.65. The zero-order valence-electron chi connectivity index (χ0n) is 8.15. The number of hydrogen-bond acceptors (Lipinski definition) is 3. The summed E-state index contributed by atoms with van der Waals surface area (Å²) in [5.74, 6) is 1.26. The lowest BCUT2D eigenvalue weighted by molar-refractivity contribution is 0.482. The minimum Gasteiger partial charge on any atom is -0.454 e. The molecule has 2 rings (SSSR count). The topological polar surface area (TPSA) is 48.1 Å². The van der Waals surface area contributed by atoms with Crippen LogP contribution in [0.1, 0.15) is 0 Å². The number of hydrogen-bond donors (Lipinski definition) is 1. The van der Waals surface area contributed by atoms with Crippen LogP contribution in [-0.2, 0) is 0 Å². The third-order valence-corrected chi connectivity index (χ3v) is 2.81. The zero-order valence-corrected chi connectivity index (χ0v) is 11.3. The van der Waals surface area contributed by atoms with Crippen LogP contribution in [0.3, 0.4) is 0 Å². The van der Waals surface area contributed by atoms with Crippen LogP contribution >= 0.6 is 31.9 Å². The van der Waals surface area contributed by atoms with Crippen LogP contribution in [-0.4, -0.2) is 4.98 Å². The number of nitrogen functional groups attached to an aromatic ring is 1. The molecule has 0 saturated heterocycles. The number of aromatic nitrogens is 1. The fourth-order valence-corrected chi connectivity index (χ4v) is 1.91. The van der Waals surface area contributed by atoms with E-state index in [9.17, 15) is 0 Å². The monoisotopic (exact) mass is 342 g/mol. The van der Waals surface area contributed by atoms with Crippen LogP contribution in [0.4, 0.5) is 5.69 Å². The van der Waals surface area contributed by atoms with E-state index in [0.717, 1.165) is 8.95 Å². The largest absolute Gasteiger partial charge is 0.454 e. The van der Waals surface area contributed by atoms with Crippen molar-refractivity contribution in [2.45, 2.75) is 0 Å². The first-order valence-electron chi connectivity index (χ1n) is 4.48. The molecule has 0 spiro atoms. The van der Waals surface area contributed by atoms with E-state index in [2.05, 4.69) is 36.8 Å². The van der Waals surface area contributed by atoms with Gasteiger partial charge in [0.25, 0.3) is 0 Å². The van der Waals surface area contributed by atoms with E-state index >= 15 is 0 Å². The maximum absolute atomic E-state index is 5.82. The minimum absolute atomic E-state index is 0.578. The molecule has 0 unspecified atom stereocenters. The van der Waals surface area contributed by atoms with Gasteiger partial charge in [-0.1, -0.05) is 15.9 Å². The summed E-state index contributed by atoms with van der Waals surface area (Å²) < 4.78 is 7.39. The standard InChI is InChI=1S/C11H8Br2N2O/c12-7-1-2-11(10(14)4-7)16-9-3-8(13)5-15-6-9/h1-6H,14H2. The Morgan fingerprint density at radius 3 is 2.56 bits per heavy atom. The van der Waals surface area contributed by atoms with Crippen molar-refractivity contribution in [2.24, 2.45) is 0 Å². The summed E-state index contributed by atoms with van der Waals surface area (Å²) in [6.45, 7) is 0. The second kappa shape index (κ2) is 4.84. The van der Waals surface area contributed by atoms with Crippen LogP contribution in [0.15, 0.2) is 45.6 Å². The predicted molar refractivity (Wildman–Crippen MR) is 70.6 cm³/mol. The molecule has 2 aromatic rings. The average molecular weight is 344 g/mol. The first kappa shape index (κ1) is 11.4. The Morgan fingerprint density at radius 1 is 1.06 bits per heavy atom. The van der Waals surface area contributed by atoms with Gasteiger partial charge < -0.3 is 10.5 Å². The minimum atomic E-state index is 0.578. The molecule has 0 aliphatic heterocycles. The van der Waals surface area contributed by atoms with Gasteiger partial charge in [-0.05, 0) is 40.2 Å². The average Bonchev–Trinajstić information content (AvgIpc) is 2.22. The highest BCUT2D eigenvalue weighted by Crippen LogP contribution is 2.30. The van der Waals surface area contributed by atoms with Crippen molar-refractivity contribution >= 4 is 37.5 Å². The Bertz CT molecular complexity index is 517. The summed E-state index contributed by atoms with van der Waals surface area (Å²) in [7, 11) is 0. The molecule has 82 valence electrons. The molecule has 5 heteroatoms. The van der Waals surface area contributed by atoms with Gasteiger partial charge in [0, 0.05) is 15.1 Å². The molecule has 0 bridgehead atoms. The number of nitrogens with zero attached hydrogens (tertiary/aromatic N) is 1. The predicted octanol–water partition coefficient (Wildman–Crippen LogP) is 3.98. The summed E-state index contributed by atoms with van der Waals surface area (Å²) in [5.41, 5.74) is 6.40. The van der Waals surface area contributed by atoms with Crippen molar-refractivity contribution in [3.63, 3.8) is 0 Å². The van der Waals surface area contributed by atoms with Gasteiger partial charge >= 0.3 is 0 Å². The molecule has 0 aliphatic rings. The van der Waals surface area contributed by atoms with Gasteiger partial charge in [-0.2, -0.15) is 0 Å². The highest BCUT2D eigenvalue weighted by atomic mass is 79.9. The molecule has 0 atom stereocenters. The third-order valence-electron chi connectivity index (χ3n) is 1.88. The highest BCUT2D eigenvalue weighted by Gasteiger charge is 2.03. The summed E-state index contributed by atoms with van der Waals surface area (Å²) in [6, 6.07) is 7.30. The summed E-state index contributed by atoms with van der Waals surface area (Å²) in [5, 5.41) is 0. The number of halogens is 2. The van der Waals surface area contributed by atoms with Crippen LogP contribution in [0.5, 0.6) is 11.5 Å². The second-order valence-corrected chi connectivity index (χ2v) is 4.95. The number of benzene rings is 1. The van der Waals surface area contributed by atoms with Crippen molar-refractivity contribution in [1.29, 1.82) is 0 Å². The van der Waals surface area contributed by atoms with E-state index < -0.39 is 0 Å². The molecule has 0 saturated carbocycles. The zero-order chi connectivity index (χ0) is 11.5. The molecule has 1 aromatic carbocycles. The van der Waals surface area contributed by atoms with Gasteiger partial charge in [-0.15, -0.1) is 0 Å². The SMILES string of the molecule is Nc1cc(Br)ccc1Oc1cncc(Br)c1. The van der Waals surface area contributed by atoms with E-state index in [0.29, 0.717) is 17.2 Å². The first-order valence-corrected chi connectivity index (χ1v) is 6.07. The Balaban J connectivity index is 2.27. The Labute approximate surface area is 110 Å². The molecular formula is C11H8Br2N2O. The molecule has 0 aliphatic carbocycles. The van der Waals surface area contributed by atoms with Gasteiger partial charge in [0.05, 0.1) is 11.9 Å². The molecule has 3 nitrogen and oxygen atoms in total. The molecule has 0 fully saturated rings. The lowest BCUT2D eigenvalue weighted by Crippen LogP contribution is -1.92. The van der Waals surface area contributed by atoms with Crippen molar-refractivity contribution < 1.29 is 4.74 Å². The van der Waals surface area contributed by atoms with Crippen molar-refractivity contribution in [2.75, 3.05) is 5.73 Å². The van der Waals surface area contributed by atoms with Crippen molar-refractivity contribution in [1.82, 2.24) is 4.98 Å². The quantitative estimate of drug-likeness (QED) is 0.839.